The molecule has 0 unspecified atom stereocenters. The molecule has 1 N–H and O–H groups in total. The topological polar surface area (TPSA) is 28.7 Å². The summed E-state index contributed by atoms with van der Waals surface area (Å²) < 4.78 is 35.4. The number of hydrogen-bond acceptors (Lipinski definition) is 1. The van der Waals surface area contributed by atoms with Crippen molar-refractivity contribution in [3.8, 4) is 0 Å². The summed E-state index contributed by atoms with van der Waals surface area (Å²) in [7, 11) is 0. The summed E-state index contributed by atoms with van der Waals surface area (Å²) in [5.74, 6) is 0. The molecule has 1 aromatic heterocycles. The van der Waals surface area contributed by atoms with Gasteiger partial charge >= 0.3 is 6.18 Å². The molecule has 2 rings (SSSR count). The van der Waals surface area contributed by atoms with E-state index >= 15 is 0 Å². The van der Waals surface area contributed by atoms with Crippen molar-refractivity contribution in [3.05, 3.63) is 54.6 Å². The minimum absolute atomic E-state index is 0.602. The van der Waals surface area contributed by atoms with E-state index in [9.17, 15) is 13.2 Å². The number of halogens is 3. The van der Waals surface area contributed by atoms with Gasteiger partial charge in [-0.3, -0.25) is 0 Å². The fraction of sp³-hybridized carbons (Fsp3) is 0.100. The largest absolute Gasteiger partial charge is 0.416 e. The number of nitrogens with one attached hydrogen (secondary N) is 1. The van der Waals surface area contributed by atoms with Gasteiger partial charge in [-0.15, -0.1) is 0 Å². The van der Waals surface area contributed by atoms with Crippen LogP contribution in [0.4, 0.5) is 13.2 Å². The predicted octanol–water partition coefficient (Wildman–Crippen LogP) is 3.12. The monoisotopic (exact) mass is 214 g/mol. The zero-order valence-electron chi connectivity index (χ0n) is 7.70. The predicted molar refractivity (Wildman–Crippen MR) is 50.0 cm³/mol. The SMILES string of the molecule is FC(F)(F)c1ccccc1.c1c[nH]cn1. The van der Waals surface area contributed by atoms with Gasteiger partial charge in [0.1, 0.15) is 0 Å². The van der Waals surface area contributed by atoms with Crippen molar-refractivity contribution in [2.24, 2.45) is 0 Å². The second-order valence-electron chi connectivity index (χ2n) is 2.62. The smallest absolute Gasteiger partial charge is 0.351 e. The quantitative estimate of drug-likeness (QED) is 0.717. The minimum atomic E-state index is -4.21. The first-order chi connectivity index (χ1) is 7.11. The van der Waals surface area contributed by atoms with E-state index in [0.717, 1.165) is 12.1 Å². The number of rotatable bonds is 0. The second kappa shape index (κ2) is 5.19. The van der Waals surface area contributed by atoms with Crippen molar-refractivity contribution in [3.63, 3.8) is 0 Å². The first-order valence-electron chi connectivity index (χ1n) is 4.15. The fourth-order valence-corrected chi connectivity index (χ4v) is 0.842. The van der Waals surface area contributed by atoms with Crippen LogP contribution in [0, 0.1) is 0 Å². The average molecular weight is 214 g/mol. The van der Waals surface area contributed by atoms with Crippen molar-refractivity contribution in [1.82, 2.24) is 9.97 Å². The molecule has 0 bridgehead atoms. The Morgan fingerprint density at radius 2 is 1.73 bits per heavy atom. The van der Waals surface area contributed by atoms with E-state index in [-0.39, 0.29) is 0 Å². The number of aromatic nitrogens is 2. The molecule has 0 aliphatic heterocycles. The van der Waals surface area contributed by atoms with Gasteiger partial charge in [-0.1, -0.05) is 30.3 Å². The van der Waals surface area contributed by atoms with E-state index in [0.29, 0.717) is 0 Å². The van der Waals surface area contributed by atoms with Crippen LogP contribution in [0.2, 0.25) is 0 Å². The molecule has 0 atom stereocenters. The summed E-state index contributed by atoms with van der Waals surface area (Å²) in [4.78, 5) is 6.42. The van der Waals surface area contributed by atoms with Crippen molar-refractivity contribution in [2.45, 2.75) is 6.18 Å². The van der Waals surface area contributed by atoms with E-state index in [2.05, 4.69) is 9.97 Å². The van der Waals surface area contributed by atoms with E-state index in [1.165, 1.54) is 12.1 Å². The first kappa shape index (κ1) is 11.3. The van der Waals surface area contributed by atoms with Crippen LogP contribution in [0.1, 0.15) is 5.56 Å². The highest BCUT2D eigenvalue weighted by molar-refractivity contribution is 5.17. The van der Waals surface area contributed by atoms with Crippen LogP contribution in [-0.2, 0) is 6.18 Å². The van der Waals surface area contributed by atoms with E-state index < -0.39 is 11.7 Å². The van der Waals surface area contributed by atoms with Gasteiger partial charge < -0.3 is 4.98 Å². The number of H-pyrrole nitrogens is 1. The lowest BCUT2D eigenvalue weighted by Crippen LogP contribution is -2.03. The average Bonchev–Trinajstić information content (AvgIpc) is 2.76. The number of imidazole rings is 1. The molecule has 15 heavy (non-hydrogen) atoms. The van der Waals surface area contributed by atoms with Crippen LogP contribution in [0.3, 0.4) is 0 Å². The van der Waals surface area contributed by atoms with E-state index in [1.807, 2.05) is 0 Å². The normalized spacial score (nSPS) is 10.3. The molecule has 0 saturated heterocycles. The summed E-state index contributed by atoms with van der Waals surface area (Å²) in [6, 6.07) is 6.36. The third kappa shape index (κ3) is 4.30. The molecule has 0 aliphatic rings. The Morgan fingerprint density at radius 3 is 2.00 bits per heavy atom. The van der Waals surface area contributed by atoms with Crippen molar-refractivity contribution >= 4 is 0 Å². The Morgan fingerprint density at radius 1 is 1.07 bits per heavy atom. The molecular formula is C10H9F3N2. The van der Waals surface area contributed by atoms with Gasteiger partial charge in [-0.2, -0.15) is 13.2 Å². The molecule has 0 aliphatic carbocycles. The maximum atomic E-state index is 11.8. The highest BCUT2D eigenvalue weighted by Gasteiger charge is 2.29. The van der Waals surface area contributed by atoms with Crippen LogP contribution in [0.25, 0.3) is 0 Å². The lowest BCUT2D eigenvalue weighted by atomic mass is 10.2. The van der Waals surface area contributed by atoms with Crippen molar-refractivity contribution < 1.29 is 13.2 Å². The zero-order valence-corrected chi connectivity index (χ0v) is 7.70. The summed E-state index contributed by atoms with van der Waals surface area (Å²) >= 11 is 0. The number of benzene rings is 1. The van der Waals surface area contributed by atoms with Crippen LogP contribution in [0.15, 0.2) is 49.1 Å². The van der Waals surface area contributed by atoms with E-state index in [4.69, 9.17) is 0 Å². The number of hydrogen-bond donors (Lipinski definition) is 1. The van der Waals surface area contributed by atoms with Crippen molar-refractivity contribution in [2.75, 3.05) is 0 Å². The molecule has 5 heteroatoms. The summed E-state index contributed by atoms with van der Waals surface area (Å²) in [5.41, 5.74) is -0.602. The highest BCUT2D eigenvalue weighted by atomic mass is 19.4. The highest BCUT2D eigenvalue weighted by Crippen LogP contribution is 2.28. The van der Waals surface area contributed by atoms with Crippen LogP contribution >= 0.6 is 0 Å². The molecule has 2 aromatic rings. The third-order valence-electron chi connectivity index (χ3n) is 1.51. The van der Waals surface area contributed by atoms with Crippen LogP contribution in [0.5, 0.6) is 0 Å². The molecule has 0 fully saturated rings. The molecule has 0 spiro atoms. The van der Waals surface area contributed by atoms with Crippen LogP contribution < -0.4 is 0 Å². The molecule has 1 heterocycles. The Bertz CT molecular complexity index is 337. The van der Waals surface area contributed by atoms with Gasteiger partial charge in [0.15, 0.2) is 0 Å². The molecule has 0 amide bonds. The Labute approximate surface area is 84.8 Å². The molecule has 2 nitrogen and oxygen atoms in total. The second-order valence-corrected chi connectivity index (χ2v) is 2.62. The fourth-order valence-electron chi connectivity index (χ4n) is 0.842. The molecule has 1 aromatic carbocycles. The molecule has 0 radical (unpaired) electrons. The summed E-state index contributed by atoms with van der Waals surface area (Å²) in [6.07, 6.45) is 0.876. The van der Waals surface area contributed by atoms with Gasteiger partial charge in [0.25, 0.3) is 0 Å². The lowest BCUT2D eigenvalue weighted by molar-refractivity contribution is -0.137. The van der Waals surface area contributed by atoms with Gasteiger partial charge in [0.2, 0.25) is 0 Å². The Kier molecular flexibility index (Phi) is 3.91. The Balaban J connectivity index is 0.000000187. The van der Waals surface area contributed by atoms with Gasteiger partial charge in [-0.05, 0) is 0 Å². The first-order valence-corrected chi connectivity index (χ1v) is 4.15. The van der Waals surface area contributed by atoms with Gasteiger partial charge in [0.05, 0.1) is 11.9 Å². The van der Waals surface area contributed by atoms with Crippen molar-refractivity contribution in [1.29, 1.82) is 0 Å². The molecular weight excluding hydrogens is 205 g/mol. The summed E-state index contributed by atoms with van der Waals surface area (Å²) in [6.45, 7) is 0. The zero-order chi connectivity index (χ0) is 11.1. The van der Waals surface area contributed by atoms with E-state index in [1.54, 1.807) is 24.8 Å². The minimum Gasteiger partial charge on any atom is -0.351 e. The Hall–Kier alpha value is -1.78. The lowest BCUT2D eigenvalue weighted by Gasteiger charge is -2.03. The number of nitrogens with zero attached hydrogens (tertiary/aromatic N) is 1. The maximum absolute atomic E-state index is 11.8. The molecule has 80 valence electrons. The maximum Gasteiger partial charge on any atom is 0.416 e. The summed E-state index contributed by atoms with van der Waals surface area (Å²) in [5, 5.41) is 0. The van der Waals surface area contributed by atoms with Gasteiger partial charge in [0, 0.05) is 12.4 Å². The molecule has 0 saturated carbocycles. The number of alkyl halides is 3. The van der Waals surface area contributed by atoms with Gasteiger partial charge in [-0.25, -0.2) is 4.98 Å². The van der Waals surface area contributed by atoms with Crippen LogP contribution in [-0.4, -0.2) is 9.97 Å². The number of aromatic amines is 1. The third-order valence-corrected chi connectivity index (χ3v) is 1.51. The standard InChI is InChI=1S/C7H5F3.C3H4N2/c8-7(9,10)6-4-2-1-3-5-6;1-2-5-3-4-1/h1-5H;1-3H,(H,4,5).